The summed E-state index contributed by atoms with van der Waals surface area (Å²) in [5.74, 6) is 0. The van der Waals surface area contributed by atoms with Crippen LogP contribution < -0.4 is 4.90 Å². The molecule has 2 aromatic carbocycles. The summed E-state index contributed by atoms with van der Waals surface area (Å²) in [6.45, 7) is 1.84. The molecule has 40 heavy (non-hydrogen) atoms. The lowest BCUT2D eigenvalue weighted by Crippen LogP contribution is -2.38. The van der Waals surface area contributed by atoms with Crippen molar-refractivity contribution in [1.29, 1.82) is 0 Å². The Morgan fingerprint density at radius 1 is 0.850 bits per heavy atom. The number of hydrogen-bond acceptors (Lipinski definition) is 4. The number of hydrogen-bond donors (Lipinski definition) is 0. The van der Waals surface area contributed by atoms with Gasteiger partial charge in [0.1, 0.15) is 6.10 Å². The largest absolute Gasteiger partial charge is 0.439 e. The summed E-state index contributed by atoms with van der Waals surface area (Å²) < 4.78 is 131. The minimum atomic E-state index is -5.11. The molecule has 0 aliphatic carbocycles. The molecule has 0 radical (unpaired) electrons. The van der Waals surface area contributed by atoms with Crippen LogP contribution in [0.4, 0.5) is 50.0 Å². The molecule has 2 fully saturated rings. The minimum absolute atomic E-state index is 0.0379. The molecular formula is C26H25F9N2O3. The number of cyclic esters (lactones) is 1. The van der Waals surface area contributed by atoms with Gasteiger partial charge in [-0.2, -0.15) is 39.5 Å². The van der Waals surface area contributed by atoms with E-state index in [-0.39, 0.29) is 17.7 Å². The lowest BCUT2D eigenvalue weighted by atomic mass is 9.97. The highest BCUT2D eigenvalue weighted by molar-refractivity contribution is 5.72. The van der Waals surface area contributed by atoms with E-state index < -0.39 is 65.6 Å². The van der Waals surface area contributed by atoms with E-state index in [1.807, 2.05) is 0 Å². The second-order valence-electron chi connectivity index (χ2n) is 9.81. The quantitative estimate of drug-likeness (QED) is 0.343. The van der Waals surface area contributed by atoms with Gasteiger partial charge in [0.05, 0.1) is 29.3 Å². The van der Waals surface area contributed by atoms with Gasteiger partial charge in [0.2, 0.25) is 0 Å². The molecule has 0 bridgehead atoms. The number of halogens is 9. The van der Waals surface area contributed by atoms with Gasteiger partial charge in [-0.1, -0.05) is 0 Å². The van der Waals surface area contributed by atoms with Gasteiger partial charge < -0.3 is 14.4 Å². The second kappa shape index (κ2) is 10.7. The molecular weight excluding hydrogens is 559 g/mol. The van der Waals surface area contributed by atoms with Crippen molar-refractivity contribution in [2.45, 2.75) is 63.0 Å². The summed E-state index contributed by atoms with van der Waals surface area (Å²) in [6.07, 6.45) is -16.3. The molecule has 0 spiro atoms. The molecule has 2 saturated heterocycles. The number of anilines is 1. The normalized spacial score (nSPS) is 21.1. The van der Waals surface area contributed by atoms with Gasteiger partial charge >= 0.3 is 24.6 Å². The Bertz CT molecular complexity index is 1210. The molecule has 5 nitrogen and oxygen atoms in total. The van der Waals surface area contributed by atoms with Crippen LogP contribution in [-0.4, -0.2) is 43.3 Å². The zero-order valence-electron chi connectivity index (χ0n) is 21.3. The maximum Gasteiger partial charge on any atom is 0.416 e. The van der Waals surface area contributed by atoms with E-state index in [0.717, 1.165) is 17.0 Å². The lowest BCUT2D eigenvalue weighted by Gasteiger charge is -2.35. The van der Waals surface area contributed by atoms with Gasteiger partial charge in [-0.05, 0) is 67.3 Å². The first kappa shape index (κ1) is 29.8. The van der Waals surface area contributed by atoms with Crippen LogP contribution in [0.2, 0.25) is 0 Å². The van der Waals surface area contributed by atoms with Crippen LogP contribution >= 0.6 is 0 Å². The Balaban J connectivity index is 1.69. The molecule has 2 aromatic rings. The van der Waals surface area contributed by atoms with Crippen molar-refractivity contribution < 1.29 is 53.8 Å². The summed E-state index contributed by atoms with van der Waals surface area (Å²) in [7, 11) is 1.69. The van der Waals surface area contributed by atoms with Gasteiger partial charge in [0.15, 0.2) is 0 Å². The lowest BCUT2D eigenvalue weighted by molar-refractivity contribution is -0.143. The van der Waals surface area contributed by atoms with Crippen molar-refractivity contribution in [2.24, 2.45) is 0 Å². The fraction of sp³-hybridized carbons (Fsp3) is 0.500. The number of nitrogens with zero attached hydrogens (tertiary/aromatic N) is 2. The fourth-order valence-electron chi connectivity index (χ4n) is 4.99. The topological polar surface area (TPSA) is 42.0 Å². The standard InChI is InChI=1S/C26H25F9N2O3/c1-14-22(15-9-18(25(30,31)32)12-19(10-15)26(33,34)35)40-23(38)37(14)13-16-11-17(24(27,28)29)3-4-21(16)36(2)20-5-7-39-8-6-20/h3-4,9-12,14,20,22H,5-8,13H2,1-2H3. The first-order valence-corrected chi connectivity index (χ1v) is 12.2. The molecule has 1 amide bonds. The third kappa shape index (κ3) is 6.26. The van der Waals surface area contributed by atoms with Gasteiger partial charge in [-0.3, -0.25) is 4.90 Å². The van der Waals surface area contributed by atoms with E-state index in [0.29, 0.717) is 43.9 Å². The first-order chi connectivity index (χ1) is 18.5. The maximum atomic E-state index is 13.6. The summed E-state index contributed by atoms with van der Waals surface area (Å²) in [5.41, 5.74) is -4.17. The van der Waals surface area contributed by atoms with Crippen LogP contribution in [0.3, 0.4) is 0 Å². The molecule has 0 aromatic heterocycles. The Morgan fingerprint density at radius 3 is 1.93 bits per heavy atom. The average molecular weight is 584 g/mol. The number of benzene rings is 2. The van der Waals surface area contributed by atoms with Gasteiger partial charge in [-0.25, -0.2) is 4.79 Å². The molecule has 2 unspecified atom stereocenters. The predicted octanol–water partition coefficient (Wildman–Crippen LogP) is 7.44. The van der Waals surface area contributed by atoms with Crippen molar-refractivity contribution in [3.8, 4) is 0 Å². The van der Waals surface area contributed by atoms with Crippen LogP contribution in [0.25, 0.3) is 0 Å². The monoisotopic (exact) mass is 584 g/mol. The van der Waals surface area contributed by atoms with Crippen molar-refractivity contribution in [3.63, 3.8) is 0 Å². The number of carbonyl (C=O) groups is 1. The number of rotatable bonds is 5. The Morgan fingerprint density at radius 2 is 1.40 bits per heavy atom. The summed E-state index contributed by atoms with van der Waals surface area (Å²) >= 11 is 0. The zero-order chi connectivity index (χ0) is 29.6. The van der Waals surface area contributed by atoms with Crippen molar-refractivity contribution >= 4 is 11.8 Å². The zero-order valence-corrected chi connectivity index (χ0v) is 21.3. The number of amides is 1. The van der Waals surface area contributed by atoms with Gasteiger partial charge in [0.25, 0.3) is 0 Å². The van der Waals surface area contributed by atoms with E-state index in [2.05, 4.69) is 0 Å². The van der Waals surface area contributed by atoms with E-state index >= 15 is 0 Å². The van der Waals surface area contributed by atoms with E-state index in [1.54, 1.807) is 11.9 Å². The maximum absolute atomic E-state index is 13.6. The molecule has 2 aliphatic rings. The van der Waals surface area contributed by atoms with E-state index in [1.165, 1.54) is 13.0 Å². The second-order valence-corrected chi connectivity index (χ2v) is 9.81. The van der Waals surface area contributed by atoms with E-state index in [4.69, 9.17) is 9.47 Å². The third-order valence-electron chi connectivity index (χ3n) is 7.20. The molecule has 14 heteroatoms. The van der Waals surface area contributed by atoms with E-state index in [9.17, 15) is 44.3 Å². The Labute approximate surface area is 223 Å². The number of alkyl halides is 9. The van der Waals surface area contributed by atoms with Crippen molar-refractivity contribution in [1.82, 2.24) is 4.90 Å². The fourth-order valence-corrected chi connectivity index (χ4v) is 4.99. The first-order valence-electron chi connectivity index (χ1n) is 12.2. The molecule has 0 N–H and O–H groups in total. The summed E-state index contributed by atoms with van der Waals surface area (Å²) in [5, 5.41) is 0. The van der Waals surface area contributed by atoms with Gasteiger partial charge in [-0.15, -0.1) is 0 Å². The molecule has 2 atom stereocenters. The van der Waals surface area contributed by atoms with Crippen LogP contribution in [0.1, 0.15) is 53.7 Å². The summed E-state index contributed by atoms with van der Waals surface area (Å²) in [4.78, 5) is 15.6. The number of carbonyl (C=O) groups excluding carboxylic acids is 1. The van der Waals surface area contributed by atoms with Crippen LogP contribution in [0.15, 0.2) is 36.4 Å². The summed E-state index contributed by atoms with van der Waals surface area (Å²) in [6, 6.07) is 2.81. The SMILES string of the molecule is CC1C(c2cc(C(F)(F)F)cc(C(F)(F)F)c2)OC(=O)N1Cc1cc(C(F)(F)F)ccc1N(C)C1CCOCC1. The Hall–Kier alpha value is -3.16. The average Bonchev–Trinajstić information content (AvgIpc) is 3.15. The number of ether oxygens (including phenoxy) is 2. The van der Waals surface area contributed by atoms with Gasteiger partial charge in [0, 0.05) is 32.0 Å². The van der Waals surface area contributed by atoms with Crippen LogP contribution in [-0.2, 0) is 34.5 Å². The smallest absolute Gasteiger partial charge is 0.416 e. The minimum Gasteiger partial charge on any atom is -0.439 e. The predicted molar refractivity (Wildman–Crippen MR) is 124 cm³/mol. The molecule has 4 rings (SSSR count). The molecule has 220 valence electrons. The third-order valence-corrected chi connectivity index (χ3v) is 7.20. The van der Waals surface area contributed by atoms with Crippen molar-refractivity contribution in [2.75, 3.05) is 25.2 Å². The molecule has 2 aliphatic heterocycles. The Kier molecular flexibility index (Phi) is 7.96. The molecule has 2 heterocycles. The van der Waals surface area contributed by atoms with Crippen LogP contribution in [0, 0.1) is 0 Å². The van der Waals surface area contributed by atoms with Crippen LogP contribution in [0.5, 0.6) is 0 Å². The highest BCUT2D eigenvalue weighted by Gasteiger charge is 2.44. The highest BCUT2D eigenvalue weighted by Crippen LogP contribution is 2.42. The van der Waals surface area contributed by atoms with Crippen molar-refractivity contribution in [3.05, 3.63) is 64.2 Å². The highest BCUT2D eigenvalue weighted by atomic mass is 19.4. The molecule has 0 saturated carbocycles.